The van der Waals surface area contributed by atoms with Gasteiger partial charge in [0.15, 0.2) is 0 Å². The summed E-state index contributed by atoms with van der Waals surface area (Å²) in [5.41, 5.74) is 5.08. The molecule has 1 fully saturated rings. The predicted molar refractivity (Wildman–Crippen MR) is 72.1 cm³/mol. The standard InChI is InChI=1S/C13H29N3O/c1-12(2)11-16(9-8-15(12)4)7-5-6-13(3,17)10-14/h17H,5-11,14H2,1-4H3. The Bertz CT molecular complexity index is 241. The molecule has 1 atom stereocenters. The van der Waals surface area contributed by atoms with Crippen LogP contribution in [0.5, 0.6) is 0 Å². The van der Waals surface area contributed by atoms with Crippen molar-refractivity contribution >= 4 is 0 Å². The van der Waals surface area contributed by atoms with Gasteiger partial charge in [-0.15, -0.1) is 0 Å². The number of nitrogens with two attached hydrogens (primary N) is 1. The van der Waals surface area contributed by atoms with E-state index in [2.05, 4.69) is 30.7 Å². The Morgan fingerprint density at radius 1 is 1.35 bits per heavy atom. The molecule has 4 heteroatoms. The van der Waals surface area contributed by atoms with Crippen LogP contribution >= 0.6 is 0 Å². The van der Waals surface area contributed by atoms with Crippen LogP contribution in [0.15, 0.2) is 0 Å². The lowest BCUT2D eigenvalue weighted by Crippen LogP contribution is -2.57. The molecular weight excluding hydrogens is 214 g/mol. The van der Waals surface area contributed by atoms with Gasteiger partial charge in [-0.3, -0.25) is 4.90 Å². The van der Waals surface area contributed by atoms with Gasteiger partial charge in [0.2, 0.25) is 0 Å². The zero-order chi connectivity index (χ0) is 13.1. The van der Waals surface area contributed by atoms with Gasteiger partial charge in [0.25, 0.3) is 0 Å². The first-order chi connectivity index (χ1) is 7.77. The molecular formula is C13H29N3O. The van der Waals surface area contributed by atoms with E-state index in [9.17, 15) is 5.11 Å². The maximum Gasteiger partial charge on any atom is 0.0741 e. The number of nitrogens with zero attached hydrogens (tertiary/aromatic N) is 2. The highest BCUT2D eigenvalue weighted by Crippen LogP contribution is 2.19. The number of likely N-dealkylation sites (N-methyl/N-ethyl adjacent to an activating group) is 1. The van der Waals surface area contributed by atoms with Crippen LogP contribution in [0.4, 0.5) is 0 Å². The number of rotatable bonds is 5. The van der Waals surface area contributed by atoms with E-state index >= 15 is 0 Å². The van der Waals surface area contributed by atoms with Gasteiger partial charge in [0, 0.05) is 31.7 Å². The van der Waals surface area contributed by atoms with Crippen molar-refractivity contribution in [1.29, 1.82) is 0 Å². The van der Waals surface area contributed by atoms with Gasteiger partial charge in [-0.25, -0.2) is 0 Å². The highest BCUT2D eigenvalue weighted by atomic mass is 16.3. The van der Waals surface area contributed by atoms with Crippen LogP contribution in [-0.2, 0) is 0 Å². The molecule has 0 saturated carbocycles. The Labute approximate surface area is 106 Å². The zero-order valence-electron chi connectivity index (χ0n) is 11.9. The molecule has 1 heterocycles. The minimum Gasteiger partial charge on any atom is -0.389 e. The molecule has 1 aliphatic heterocycles. The topological polar surface area (TPSA) is 52.7 Å². The highest BCUT2D eigenvalue weighted by molar-refractivity contribution is 4.88. The summed E-state index contributed by atoms with van der Waals surface area (Å²) in [6.45, 7) is 11.2. The average molecular weight is 243 g/mol. The fraction of sp³-hybridized carbons (Fsp3) is 1.00. The summed E-state index contributed by atoms with van der Waals surface area (Å²) in [4.78, 5) is 4.91. The number of piperazine rings is 1. The summed E-state index contributed by atoms with van der Waals surface area (Å²) in [6.07, 6.45) is 1.81. The molecule has 102 valence electrons. The van der Waals surface area contributed by atoms with Gasteiger partial charge in [-0.05, 0) is 47.2 Å². The molecule has 0 aromatic rings. The van der Waals surface area contributed by atoms with Crippen LogP contribution in [0.1, 0.15) is 33.6 Å². The molecule has 0 spiro atoms. The zero-order valence-corrected chi connectivity index (χ0v) is 11.9. The molecule has 0 bridgehead atoms. The summed E-state index contributed by atoms with van der Waals surface area (Å²) in [6, 6.07) is 0. The van der Waals surface area contributed by atoms with Gasteiger partial charge in [0.05, 0.1) is 5.60 Å². The second-order valence-corrected chi connectivity index (χ2v) is 6.31. The first-order valence-electron chi connectivity index (χ1n) is 6.63. The molecule has 0 aromatic carbocycles. The van der Waals surface area contributed by atoms with Crippen molar-refractivity contribution in [3.63, 3.8) is 0 Å². The Hall–Kier alpha value is -0.160. The van der Waals surface area contributed by atoms with Crippen LogP contribution in [0.3, 0.4) is 0 Å². The number of hydrogen-bond donors (Lipinski definition) is 2. The summed E-state index contributed by atoms with van der Waals surface area (Å²) in [5.74, 6) is 0. The quantitative estimate of drug-likeness (QED) is 0.738. The largest absolute Gasteiger partial charge is 0.389 e. The van der Waals surface area contributed by atoms with Crippen molar-refractivity contribution in [3.05, 3.63) is 0 Å². The summed E-state index contributed by atoms with van der Waals surface area (Å²) < 4.78 is 0. The number of hydrogen-bond acceptors (Lipinski definition) is 4. The van der Waals surface area contributed by atoms with Gasteiger partial charge >= 0.3 is 0 Å². The molecule has 1 saturated heterocycles. The first-order valence-corrected chi connectivity index (χ1v) is 6.63. The van der Waals surface area contributed by atoms with Gasteiger partial charge in [-0.2, -0.15) is 0 Å². The van der Waals surface area contributed by atoms with Gasteiger partial charge in [0.1, 0.15) is 0 Å². The second kappa shape index (κ2) is 5.65. The molecule has 3 N–H and O–H groups in total. The lowest BCUT2D eigenvalue weighted by atomic mass is 9.97. The van der Waals surface area contributed by atoms with E-state index in [1.165, 1.54) is 0 Å². The molecule has 0 radical (unpaired) electrons. The molecule has 1 aliphatic rings. The lowest BCUT2D eigenvalue weighted by molar-refractivity contribution is 0.0273. The Morgan fingerprint density at radius 3 is 2.53 bits per heavy atom. The fourth-order valence-corrected chi connectivity index (χ4v) is 2.32. The third kappa shape index (κ3) is 4.54. The van der Waals surface area contributed by atoms with Crippen molar-refractivity contribution in [2.75, 3.05) is 39.8 Å². The summed E-state index contributed by atoms with van der Waals surface area (Å²) >= 11 is 0. The number of aliphatic hydroxyl groups is 1. The van der Waals surface area contributed by atoms with E-state index in [4.69, 9.17) is 5.73 Å². The Balaban J connectivity index is 2.30. The smallest absolute Gasteiger partial charge is 0.0741 e. The minimum absolute atomic E-state index is 0.259. The minimum atomic E-state index is -0.692. The Morgan fingerprint density at radius 2 is 2.00 bits per heavy atom. The van der Waals surface area contributed by atoms with E-state index < -0.39 is 5.60 Å². The fourth-order valence-electron chi connectivity index (χ4n) is 2.32. The molecule has 4 nitrogen and oxygen atoms in total. The van der Waals surface area contributed by atoms with Crippen LogP contribution in [0, 0.1) is 0 Å². The van der Waals surface area contributed by atoms with Crippen LogP contribution in [0.25, 0.3) is 0 Å². The van der Waals surface area contributed by atoms with Crippen molar-refractivity contribution in [3.8, 4) is 0 Å². The normalized spacial score (nSPS) is 25.8. The summed E-state index contributed by atoms with van der Waals surface area (Å²) in [5, 5.41) is 9.85. The van der Waals surface area contributed by atoms with Gasteiger partial charge < -0.3 is 15.7 Å². The van der Waals surface area contributed by atoms with E-state index in [0.717, 1.165) is 39.0 Å². The average Bonchev–Trinajstić information content (AvgIpc) is 2.23. The van der Waals surface area contributed by atoms with Crippen molar-refractivity contribution in [1.82, 2.24) is 9.80 Å². The van der Waals surface area contributed by atoms with Crippen LogP contribution in [0.2, 0.25) is 0 Å². The molecule has 0 amide bonds. The molecule has 1 unspecified atom stereocenters. The first kappa shape index (κ1) is 14.9. The van der Waals surface area contributed by atoms with E-state index in [1.54, 1.807) is 0 Å². The van der Waals surface area contributed by atoms with Crippen molar-refractivity contribution in [2.45, 2.75) is 44.8 Å². The SMILES string of the molecule is CN1CCN(CCCC(C)(O)CN)CC1(C)C. The molecule has 1 rings (SSSR count). The Kier molecular flexibility index (Phi) is 4.95. The molecule has 0 aromatic heterocycles. The van der Waals surface area contributed by atoms with E-state index in [1.807, 2.05) is 6.92 Å². The van der Waals surface area contributed by atoms with Crippen LogP contribution < -0.4 is 5.73 Å². The van der Waals surface area contributed by atoms with Crippen molar-refractivity contribution < 1.29 is 5.11 Å². The van der Waals surface area contributed by atoms with Crippen molar-refractivity contribution in [2.24, 2.45) is 5.73 Å². The maximum atomic E-state index is 9.85. The third-order valence-corrected chi connectivity index (χ3v) is 4.02. The molecule has 17 heavy (non-hydrogen) atoms. The third-order valence-electron chi connectivity index (χ3n) is 4.02. The predicted octanol–water partition coefficient (Wildman–Crippen LogP) is 0.502. The second-order valence-electron chi connectivity index (χ2n) is 6.31. The van der Waals surface area contributed by atoms with Crippen LogP contribution in [-0.4, -0.2) is 65.8 Å². The molecule has 0 aliphatic carbocycles. The monoisotopic (exact) mass is 243 g/mol. The summed E-state index contributed by atoms with van der Waals surface area (Å²) in [7, 11) is 2.19. The van der Waals surface area contributed by atoms with E-state index in [-0.39, 0.29) is 5.54 Å². The maximum absolute atomic E-state index is 9.85. The highest BCUT2D eigenvalue weighted by Gasteiger charge is 2.30. The van der Waals surface area contributed by atoms with E-state index in [0.29, 0.717) is 6.54 Å². The lowest BCUT2D eigenvalue weighted by Gasteiger charge is -2.45. The van der Waals surface area contributed by atoms with Gasteiger partial charge in [-0.1, -0.05) is 0 Å².